The second-order valence-electron chi connectivity index (χ2n) is 4.24. The van der Waals surface area contributed by atoms with Crippen molar-refractivity contribution >= 4 is 0 Å². The van der Waals surface area contributed by atoms with Gasteiger partial charge in [-0.3, -0.25) is 9.58 Å². The van der Waals surface area contributed by atoms with Crippen LogP contribution in [0.3, 0.4) is 0 Å². The predicted molar refractivity (Wildman–Crippen MR) is 57.1 cm³/mol. The van der Waals surface area contributed by atoms with Crippen LogP contribution < -0.4 is 0 Å². The highest BCUT2D eigenvalue weighted by molar-refractivity contribution is 5.08. The Morgan fingerprint density at radius 3 is 2.57 bits per heavy atom. The lowest BCUT2D eigenvalue weighted by atomic mass is 10.1. The van der Waals surface area contributed by atoms with Gasteiger partial charge in [-0.1, -0.05) is 6.42 Å². The van der Waals surface area contributed by atoms with E-state index < -0.39 is 0 Å². The largest absolute Gasteiger partial charge is 0.298 e. The van der Waals surface area contributed by atoms with E-state index in [-0.39, 0.29) is 0 Å². The Kier molecular flexibility index (Phi) is 2.87. The topological polar surface area (TPSA) is 21.1 Å². The highest BCUT2D eigenvalue weighted by Gasteiger charge is 2.12. The summed E-state index contributed by atoms with van der Waals surface area (Å²) in [5.41, 5.74) is 2.46. The summed E-state index contributed by atoms with van der Waals surface area (Å²) in [6, 6.07) is 2.19. The van der Waals surface area contributed by atoms with Crippen LogP contribution in [0.4, 0.5) is 0 Å². The van der Waals surface area contributed by atoms with Crippen molar-refractivity contribution in [3.63, 3.8) is 0 Å². The molecule has 0 saturated carbocycles. The Morgan fingerprint density at radius 2 is 2.00 bits per heavy atom. The van der Waals surface area contributed by atoms with Gasteiger partial charge >= 0.3 is 0 Å². The predicted octanol–water partition coefficient (Wildman–Crippen LogP) is 1.71. The number of hydrogen-bond acceptors (Lipinski definition) is 2. The fourth-order valence-electron chi connectivity index (χ4n) is 2.16. The van der Waals surface area contributed by atoms with Crippen molar-refractivity contribution < 1.29 is 0 Å². The molecule has 1 aromatic heterocycles. The molecule has 14 heavy (non-hydrogen) atoms. The normalized spacial score (nSPS) is 18.7. The van der Waals surface area contributed by atoms with Crippen LogP contribution in [0, 0.1) is 6.92 Å². The van der Waals surface area contributed by atoms with E-state index in [0.29, 0.717) is 0 Å². The molecule has 1 fully saturated rings. The van der Waals surface area contributed by atoms with Crippen LogP contribution in [-0.2, 0) is 13.6 Å². The number of aryl methyl sites for hydroxylation is 2. The third-order valence-electron chi connectivity index (χ3n) is 2.93. The molecule has 0 unspecified atom stereocenters. The van der Waals surface area contributed by atoms with Crippen molar-refractivity contribution in [1.82, 2.24) is 14.7 Å². The molecule has 1 aromatic rings. The SMILES string of the molecule is Cc1cc(CN2CCCCC2)n(C)n1. The molecule has 1 aliphatic heterocycles. The highest BCUT2D eigenvalue weighted by atomic mass is 15.3. The third-order valence-corrected chi connectivity index (χ3v) is 2.93. The maximum atomic E-state index is 4.37. The minimum atomic E-state index is 1.07. The first kappa shape index (κ1) is 9.71. The Morgan fingerprint density at radius 1 is 1.29 bits per heavy atom. The standard InChI is InChI=1S/C11H19N3/c1-10-8-11(13(2)12-10)9-14-6-4-3-5-7-14/h8H,3-7,9H2,1-2H3. The second kappa shape index (κ2) is 4.13. The lowest BCUT2D eigenvalue weighted by Crippen LogP contribution is -2.29. The zero-order valence-electron chi connectivity index (χ0n) is 9.16. The Hall–Kier alpha value is -0.830. The van der Waals surface area contributed by atoms with E-state index in [1.54, 1.807) is 0 Å². The van der Waals surface area contributed by atoms with Crippen LogP contribution >= 0.6 is 0 Å². The van der Waals surface area contributed by atoms with Crippen LogP contribution in [0.25, 0.3) is 0 Å². The molecule has 78 valence electrons. The molecule has 2 rings (SSSR count). The molecule has 0 radical (unpaired) electrons. The van der Waals surface area contributed by atoms with E-state index in [4.69, 9.17) is 0 Å². The monoisotopic (exact) mass is 193 g/mol. The van der Waals surface area contributed by atoms with Crippen molar-refractivity contribution in [3.05, 3.63) is 17.5 Å². The van der Waals surface area contributed by atoms with Gasteiger partial charge in [-0.25, -0.2) is 0 Å². The quantitative estimate of drug-likeness (QED) is 0.713. The molecule has 0 amide bonds. The zero-order valence-corrected chi connectivity index (χ0v) is 9.16. The highest BCUT2D eigenvalue weighted by Crippen LogP contribution is 2.13. The maximum Gasteiger partial charge on any atom is 0.0597 e. The van der Waals surface area contributed by atoms with E-state index in [1.165, 1.54) is 38.0 Å². The summed E-state index contributed by atoms with van der Waals surface area (Å²) in [6.45, 7) is 5.63. The molecule has 1 aliphatic rings. The zero-order chi connectivity index (χ0) is 9.97. The molecule has 0 aromatic carbocycles. The summed E-state index contributed by atoms with van der Waals surface area (Å²) in [6.07, 6.45) is 4.12. The molecule has 0 atom stereocenters. The first-order valence-electron chi connectivity index (χ1n) is 5.47. The number of likely N-dealkylation sites (tertiary alicyclic amines) is 1. The van der Waals surface area contributed by atoms with Gasteiger partial charge in [0.25, 0.3) is 0 Å². The summed E-state index contributed by atoms with van der Waals surface area (Å²) in [7, 11) is 2.03. The summed E-state index contributed by atoms with van der Waals surface area (Å²) in [4.78, 5) is 2.53. The average molecular weight is 193 g/mol. The minimum Gasteiger partial charge on any atom is -0.298 e. The second-order valence-corrected chi connectivity index (χ2v) is 4.24. The maximum absolute atomic E-state index is 4.37. The van der Waals surface area contributed by atoms with Crippen LogP contribution in [0.15, 0.2) is 6.07 Å². The Labute approximate surface area is 85.7 Å². The van der Waals surface area contributed by atoms with Crippen molar-refractivity contribution in [1.29, 1.82) is 0 Å². The van der Waals surface area contributed by atoms with Gasteiger partial charge in [-0.2, -0.15) is 5.10 Å². The molecule has 3 heteroatoms. The van der Waals surface area contributed by atoms with Gasteiger partial charge in [0.1, 0.15) is 0 Å². The third kappa shape index (κ3) is 2.15. The molecule has 0 N–H and O–H groups in total. The smallest absolute Gasteiger partial charge is 0.0597 e. The molecule has 0 aliphatic carbocycles. The summed E-state index contributed by atoms with van der Waals surface area (Å²) >= 11 is 0. The van der Waals surface area contributed by atoms with Gasteiger partial charge < -0.3 is 0 Å². The molecule has 1 saturated heterocycles. The molecular weight excluding hydrogens is 174 g/mol. The van der Waals surface area contributed by atoms with Gasteiger partial charge in [0, 0.05) is 13.6 Å². The summed E-state index contributed by atoms with van der Waals surface area (Å²) in [5, 5.41) is 4.37. The van der Waals surface area contributed by atoms with Gasteiger partial charge in [-0.05, 0) is 38.9 Å². The van der Waals surface area contributed by atoms with Gasteiger partial charge in [0.05, 0.1) is 11.4 Å². The first-order valence-corrected chi connectivity index (χ1v) is 5.47. The van der Waals surface area contributed by atoms with Crippen molar-refractivity contribution in [2.45, 2.75) is 32.7 Å². The molecule has 2 heterocycles. The van der Waals surface area contributed by atoms with Gasteiger partial charge in [0.2, 0.25) is 0 Å². The Bertz CT molecular complexity index is 297. The number of rotatable bonds is 2. The van der Waals surface area contributed by atoms with Crippen molar-refractivity contribution in [2.24, 2.45) is 7.05 Å². The first-order chi connectivity index (χ1) is 6.75. The van der Waals surface area contributed by atoms with Crippen molar-refractivity contribution in [3.8, 4) is 0 Å². The van der Waals surface area contributed by atoms with E-state index in [1.807, 2.05) is 11.7 Å². The van der Waals surface area contributed by atoms with E-state index in [9.17, 15) is 0 Å². The van der Waals surface area contributed by atoms with Crippen molar-refractivity contribution in [2.75, 3.05) is 13.1 Å². The minimum absolute atomic E-state index is 1.07. The fourth-order valence-corrected chi connectivity index (χ4v) is 2.16. The van der Waals surface area contributed by atoms with Gasteiger partial charge in [-0.15, -0.1) is 0 Å². The molecule has 0 bridgehead atoms. The Balaban J connectivity index is 1.98. The number of piperidine rings is 1. The number of hydrogen-bond donors (Lipinski definition) is 0. The van der Waals surface area contributed by atoms with E-state index in [2.05, 4.69) is 23.0 Å². The molecule has 0 spiro atoms. The lowest BCUT2D eigenvalue weighted by molar-refractivity contribution is 0.216. The van der Waals surface area contributed by atoms with Crippen LogP contribution in [-0.4, -0.2) is 27.8 Å². The van der Waals surface area contributed by atoms with E-state index in [0.717, 1.165) is 12.2 Å². The lowest BCUT2D eigenvalue weighted by Gasteiger charge is -2.26. The fraction of sp³-hybridized carbons (Fsp3) is 0.727. The van der Waals surface area contributed by atoms with Crippen LogP contribution in [0.1, 0.15) is 30.7 Å². The number of aromatic nitrogens is 2. The van der Waals surface area contributed by atoms with Gasteiger partial charge in [0.15, 0.2) is 0 Å². The average Bonchev–Trinajstić information content (AvgIpc) is 2.47. The summed E-state index contributed by atoms with van der Waals surface area (Å²) < 4.78 is 2.00. The molecular formula is C11H19N3. The van der Waals surface area contributed by atoms with E-state index >= 15 is 0 Å². The molecule has 3 nitrogen and oxygen atoms in total. The van der Waals surface area contributed by atoms with Crippen LogP contribution in [0.5, 0.6) is 0 Å². The number of nitrogens with zero attached hydrogens (tertiary/aromatic N) is 3. The van der Waals surface area contributed by atoms with Crippen LogP contribution in [0.2, 0.25) is 0 Å². The summed E-state index contributed by atoms with van der Waals surface area (Å²) in [5.74, 6) is 0.